The fourth-order valence-corrected chi connectivity index (χ4v) is 2.88. The lowest BCUT2D eigenvalue weighted by Gasteiger charge is -2.14. The lowest BCUT2D eigenvalue weighted by Crippen LogP contribution is -2.12. The van der Waals surface area contributed by atoms with Gasteiger partial charge in [0, 0.05) is 4.47 Å². The fraction of sp³-hybridized carbons (Fsp3) is 0.125. The van der Waals surface area contributed by atoms with Crippen LogP contribution in [0.3, 0.4) is 0 Å². The predicted molar refractivity (Wildman–Crippen MR) is 81.1 cm³/mol. The topological polar surface area (TPSA) is 39.2 Å². The van der Waals surface area contributed by atoms with E-state index in [0.717, 1.165) is 26.7 Å². The summed E-state index contributed by atoms with van der Waals surface area (Å²) in [7, 11) is 0. The Morgan fingerprint density at radius 1 is 1.05 bits per heavy atom. The summed E-state index contributed by atoms with van der Waals surface area (Å²) in [5, 5.41) is 2.32. The van der Waals surface area contributed by atoms with Gasteiger partial charge in [-0.1, -0.05) is 46.3 Å². The summed E-state index contributed by atoms with van der Waals surface area (Å²) in [4.78, 5) is 0. The van der Waals surface area contributed by atoms with E-state index in [1.165, 1.54) is 5.39 Å². The third-order valence-corrected chi connectivity index (χ3v) is 4.12. The molecule has 3 aromatic rings. The van der Waals surface area contributed by atoms with Crippen LogP contribution >= 0.6 is 15.9 Å². The van der Waals surface area contributed by atoms with Crippen LogP contribution in [0.4, 0.5) is 0 Å². The van der Waals surface area contributed by atoms with Gasteiger partial charge in [0.2, 0.25) is 0 Å². The summed E-state index contributed by atoms with van der Waals surface area (Å²) < 4.78 is 6.60. The van der Waals surface area contributed by atoms with Crippen LogP contribution in [0.1, 0.15) is 22.9 Å². The number of halogens is 1. The third kappa shape index (κ3) is 2.09. The molecule has 3 rings (SSSR count). The number of aryl methyl sites for hydroxylation is 1. The Morgan fingerprint density at radius 3 is 2.47 bits per heavy atom. The first kappa shape index (κ1) is 12.5. The van der Waals surface area contributed by atoms with Crippen LogP contribution in [0.5, 0.6) is 0 Å². The van der Waals surface area contributed by atoms with Gasteiger partial charge in [0.25, 0.3) is 0 Å². The van der Waals surface area contributed by atoms with Crippen molar-refractivity contribution in [1.82, 2.24) is 0 Å². The van der Waals surface area contributed by atoms with Crippen LogP contribution < -0.4 is 5.73 Å². The van der Waals surface area contributed by atoms with E-state index >= 15 is 0 Å². The minimum atomic E-state index is -0.243. The number of fused-ring (bicyclic) bond motifs is 1. The molecule has 1 heterocycles. The SMILES string of the molecule is Cc1ccoc1C(N)c1ccc(Br)c2ccccc12. The summed E-state index contributed by atoms with van der Waals surface area (Å²) in [6.07, 6.45) is 1.69. The number of hydrogen-bond acceptors (Lipinski definition) is 2. The second-order valence-corrected chi connectivity index (χ2v) is 5.48. The van der Waals surface area contributed by atoms with Gasteiger partial charge in [-0.15, -0.1) is 0 Å². The molecule has 0 saturated heterocycles. The van der Waals surface area contributed by atoms with E-state index in [-0.39, 0.29) is 6.04 Å². The first-order valence-corrected chi connectivity index (χ1v) is 6.94. The molecule has 0 spiro atoms. The van der Waals surface area contributed by atoms with Crippen LogP contribution in [-0.2, 0) is 0 Å². The van der Waals surface area contributed by atoms with Crippen molar-refractivity contribution in [3.63, 3.8) is 0 Å². The molecule has 1 aromatic heterocycles. The molecule has 0 bridgehead atoms. The Kier molecular flexibility index (Phi) is 3.17. The lowest BCUT2D eigenvalue weighted by atomic mass is 9.96. The maximum absolute atomic E-state index is 6.37. The summed E-state index contributed by atoms with van der Waals surface area (Å²) in [6.45, 7) is 2.01. The fourth-order valence-electron chi connectivity index (χ4n) is 2.40. The molecule has 0 fully saturated rings. The summed E-state index contributed by atoms with van der Waals surface area (Å²) >= 11 is 3.58. The highest BCUT2D eigenvalue weighted by atomic mass is 79.9. The van der Waals surface area contributed by atoms with Crippen molar-refractivity contribution in [1.29, 1.82) is 0 Å². The van der Waals surface area contributed by atoms with Gasteiger partial charge in [-0.05, 0) is 41.0 Å². The highest BCUT2D eigenvalue weighted by Gasteiger charge is 2.17. The van der Waals surface area contributed by atoms with Gasteiger partial charge in [0.05, 0.1) is 12.3 Å². The number of rotatable bonds is 2. The largest absolute Gasteiger partial charge is 0.467 e. The second-order valence-electron chi connectivity index (χ2n) is 4.63. The monoisotopic (exact) mass is 315 g/mol. The predicted octanol–water partition coefficient (Wildman–Crippen LogP) is 4.55. The molecular formula is C16H14BrNO. The Labute approximate surface area is 120 Å². The van der Waals surface area contributed by atoms with Gasteiger partial charge < -0.3 is 10.2 Å². The van der Waals surface area contributed by atoms with Crippen molar-refractivity contribution in [3.8, 4) is 0 Å². The summed E-state index contributed by atoms with van der Waals surface area (Å²) in [5.41, 5.74) is 8.53. The maximum atomic E-state index is 6.37. The Hall–Kier alpha value is -1.58. The van der Waals surface area contributed by atoms with Crippen molar-refractivity contribution in [2.75, 3.05) is 0 Å². The van der Waals surface area contributed by atoms with Crippen LogP contribution in [0.25, 0.3) is 10.8 Å². The average Bonchev–Trinajstić information content (AvgIpc) is 2.85. The number of furan rings is 1. The zero-order valence-corrected chi connectivity index (χ0v) is 12.1. The van der Waals surface area contributed by atoms with E-state index in [1.54, 1.807) is 6.26 Å². The minimum absolute atomic E-state index is 0.243. The van der Waals surface area contributed by atoms with Crippen molar-refractivity contribution < 1.29 is 4.42 Å². The zero-order chi connectivity index (χ0) is 13.4. The highest BCUT2D eigenvalue weighted by molar-refractivity contribution is 9.10. The first-order chi connectivity index (χ1) is 9.18. The molecule has 19 heavy (non-hydrogen) atoms. The molecular weight excluding hydrogens is 302 g/mol. The maximum Gasteiger partial charge on any atom is 0.127 e. The molecule has 0 aliphatic heterocycles. The van der Waals surface area contributed by atoms with E-state index in [4.69, 9.17) is 10.2 Å². The molecule has 1 unspecified atom stereocenters. The quantitative estimate of drug-likeness (QED) is 0.753. The Balaban J connectivity index is 2.21. The lowest BCUT2D eigenvalue weighted by molar-refractivity contribution is 0.487. The molecule has 0 aliphatic rings. The number of nitrogens with two attached hydrogens (primary N) is 1. The van der Waals surface area contributed by atoms with Crippen molar-refractivity contribution in [3.05, 3.63) is 70.1 Å². The summed E-state index contributed by atoms with van der Waals surface area (Å²) in [6, 6.07) is 14.0. The smallest absolute Gasteiger partial charge is 0.127 e. The summed E-state index contributed by atoms with van der Waals surface area (Å²) in [5.74, 6) is 0.826. The van der Waals surface area contributed by atoms with Gasteiger partial charge in [-0.25, -0.2) is 0 Å². The molecule has 0 radical (unpaired) electrons. The zero-order valence-electron chi connectivity index (χ0n) is 10.6. The van der Waals surface area contributed by atoms with Gasteiger partial charge in [0.15, 0.2) is 0 Å². The average molecular weight is 316 g/mol. The first-order valence-electron chi connectivity index (χ1n) is 6.15. The molecule has 0 amide bonds. The highest BCUT2D eigenvalue weighted by Crippen LogP contribution is 2.32. The Bertz CT molecular complexity index is 732. The Morgan fingerprint density at radius 2 is 1.79 bits per heavy atom. The molecule has 2 aromatic carbocycles. The van der Waals surface area contributed by atoms with Crippen molar-refractivity contribution >= 4 is 26.7 Å². The molecule has 2 nitrogen and oxygen atoms in total. The third-order valence-electron chi connectivity index (χ3n) is 3.42. The van der Waals surface area contributed by atoms with E-state index in [2.05, 4.69) is 34.1 Å². The molecule has 0 saturated carbocycles. The normalized spacial score (nSPS) is 12.8. The second kappa shape index (κ2) is 4.83. The van der Waals surface area contributed by atoms with E-state index in [0.29, 0.717) is 0 Å². The van der Waals surface area contributed by atoms with Gasteiger partial charge in [-0.3, -0.25) is 0 Å². The van der Waals surface area contributed by atoms with Crippen LogP contribution in [0.2, 0.25) is 0 Å². The molecule has 3 heteroatoms. The van der Waals surface area contributed by atoms with E-state index < -0.39 is 0 Å². The van der Waals surface area contributed by atoms with Crippen LogP contribution in [0.15, 0.2) is 57.6 Å². The molecule has 2 N–H and O–H groups in total. The van der Waals surface area contributed by atoms with Crippen LogP contribution in [0, 0.1) is 6.92 Å². The van der Waals surface area contributed by atoms with Gasteiger partial charge >= 0.3 is 0 Å². The minimum Gasteiger partial charge on any atom is -0.467 e. The molecule has 96 valence electrons. The molecule has 1 atom stereocenters. The van der Waals surface area contributed by atoms with Gasteiger partial charge in [0.1, 0.15) is 5.76 Å². The van der Waals surface area contributed by atoms with E-state index in [1.807, 2.05) is 31.2 Å². The van der Waals surface area contributed by atoms with Crippen molar-refractivity contribution in [2.45, 2.75) is 13.0 Å². The van der Waals surface area contributed by atoms with E-state index in [9.17, 15) is 0 Å². The molecule has 0 aliphatic carbocycles. The van der Waals surface area contributed by atoms with Crippen molar-refractivity contribution in [2.24, 2.45) is 5.73 Å². The standard InChI is InChI=1S/C16H14BrNO/c1-10-8-9-19-16(10)15(18)13-6-7-14(17)12-5-3-2-4-11(12)13/h2-9,15H,18H2,1H3. The van der Waals surface area contributed by atoms with Crippen LogP contribution in [-0.4, -0.2) is 0 Å². The number of benzene rings is 2. The van der Waals surface area contributed by atoms with Gasteiger partial charge in [-0.2, -0.15) is 0 Å². The number of hydrogen-bond donors (Lipinski definition) is 1.